The third kappa shape index (κ3) is 4.50. The third-order valence-corrected chi connectivity index (χ3v) is 5.85. The summed E-state index contributed by atoms with van der Waals surface area (Å²) in [7, 11) is 0. The van der Waals surface area contributed by atoms with Crippen LogP contribution in [0.5, 0.6) is 5.75 Å². The maximum absolute atomic E-state index is 12.6. The predicted octanol–water partition coefficient (Wildman–Crippen LogP) is 5.89. The predicted molar refractivity (Wildman–Crippen MR) is 141 cm³/mol. The van der Waals surface area contributed by atoms with Crippen LogP contribution in [0.1, 0.15) is 18.3 Å². The molecule has 0 saturated carbocycles. The quantitative estimate of drug-likeness (QED) is 0.297. The lowest BCUT2D eigenvalue weighted by Crippen LogP contribution is -2.11. The monoisotopic (exact) mass is 493 g/mol. The Balaban J connectivity index is 1.67. The van der Waals surface area contributed by atoms with Crippen LogP contribution >= 0.6 is 11.6 Å². The van der Waals surface area contributed by atoms with Gasteiger partial charge in [-0.3, -0.25) is 4.79 Å². The fourth-order valence-electron chi connectivity index (χ4n) is 3.87. The molecule has 36 heavy (non-hydrogen) atoms. The number of fused-ring (bicyclic) bond motifs is 1. The number of H-pyrrole nitrogens is 1. The van der Waals surface area contributed by atoms with Gasteiger partial charge in [0.25, 0.3) is 5.56 Å². The third-order valence-electron chi connectivity index (χ3n) is 5.56. The summed E-state index contributed by atoms with van der Waals surface area (Å²) in [5.41, 5.74) is 3.27. The number of rotatable bonds is 6. The molecule has 0 spiro atoms. The summed E-state index contributed by atoms with van der Waals surface area (Å²) in [6, 6.07) is 24.3. The number of hydrogen-bond acceptors (Lipinski definition) is 5. The standard InChI is InChI=1S/C28H20ClN5O2/c1-2-36-25-13-12-18(15-23(25)29)26-20(17-34(33-26)21-8-4-3-5-9-21)14-19(16-30)27-31-24-11-7-6-10-22(24)28(35)32-27/h3-15,17H,2H2,1H3,(H,31,32,35)/b19-14-. The van der Waals surface area contributed by atoms with Crippen LogP contribution in [-0.2, 0) is 0 Å². The van der Waals surface area contributed by atoms with Crippen molar-refractivity contribution in [2.24, 2.45) is 0 Å². The first-order valence-corrected chi connectivity index (χ1v) is 11.6. The molecule has 7 nitrogen and oxygen atoms in total. The fourth-order valence-corrected chi connectivity index (χ4v) is 4.11. The molecule has 0 aliphatic heterocycles. The molecule has 0 atom stereocenters. The van der Waals surface area contributed by atoms with Gasteiger partial charge < -0.3 is 9.72 Å². The van der Waals surface area contributed by atoms with E-state index in [-0.39, 0.29) is 17.0 Å². The minimum absolute atomic E-state index is 0.185. The Morgan fingerprint density at radius 3 is 2.67 bits per heavy atom. The van der Waals surface area contributed by atoms with E-state index in [0.29, 0.717) is 39.5 Å². The molecule has 1 N–H and O–H groups in total. The molecule has 0 saturated heterocycles. The molecule has 5 rings (SSSR count). The van der Waals surface area contributed by atoms with E-state index in [0.717, 1.165) is 11.3 Å². The summed E-state index contributed by atoms with van der Waals surface area (Å²) in [5.74, 6) is 0.766. The maximum Gasteiger partial charge on any atom is 0.259 e. The zero-order valence-corrected chi connectivity index (χ0v) is 20.0. The number of aromatic nitrogens is 4. The molecular formula is C28H20ClN5O2. The molecule has 8 heteroatoms. The molecule has 0 unspecified atom stereocenters. The van der Waals surface area contributed by atoms with Crippen LogP contribution in [0.2, 0.25) is 5.02 Å². The van der Waals surface area contributed by atoms with Crippen LogP contribution in [0, 0.1) is 11.3 Å². The van der Waals surface area contributed by atoms with E-state index in [9.17, 15) is 10.1 Å². The van der Waals surface area contributed by atoms with E-state index in [1.807, 2.05) is 49.5 Å². The average Bonchev–Trinajstić information content (AvgIpc) is 3.33. The summed E-state index contributed by atoms with van der Waals surface area (Å²) in [6.07, 6.45) is 3.49. The highest BCUT2D eigenvalue weighted by Crippen LogP contribution is 2.33. The number of halogens is 1. The van der Waals surface area contributed by atoms with Crippen molar-refractivity contribution in [1.29, 1.82) is 5.26 Å². The number of nitrogens with one attached hydrogen (secondary N) is 1. The number of hydrogen-bond donors (Lipinski definition) is 1. The Bertz CT molecular complexity index is 1700. The first kappa shape index (κ1) is 23.1. The molecule has 3 aromatic carbocycles. The van der Waals surface area contributed by atoms with Crippen molar-refractivity contribution in [3.8, 4) is 28.8 Å². The van der Waals surface area contributed by atoms with Gasteiger partial charge in [-0.2, -0.15) is 10.4 Å². The van der Waals surface area contributed by atoms with E-state index in [1.54, 1.807) is 47.2 Å². The Morgan fingerprint density at radius 2 is 1.92 bits per heavy atom. The number of nitriles is 1. The average molecular weight is 494 g/mol. The first-order valence-electron chi connectivity index (χ1n) is 11.3. The lowest BCUT2D eigenvalue weighted by molar-refractivity contribution is 0.340. The number of para-hydroxylation sites is 2. The van der Waals surface area contributed by atoms with Gasteiger partial charge in [-0.25, -0.2) is 9.67 Å². The van der Waals surface area contributed by atoms with Gasteiger partial charge in [0, 0.05) is 17.3 Å². The first-order chi connectivity index (χ1) is 17.6. The summed E-state index contributed by atoms with van der Waals surface area (Å²) < 4.78 is 7.30. The molecule has 0 fully saturated rings. The lowest BCUT2D eigenvalue weighted by Gasteiger charge is -2.07. The van der Waals surface area contributed by atoms with E-state index < -0.39 is 0 Å². The van der Waals surface area contributed by atoms with Crippen LogP contribution in [0.4, 0.5) is 0 Å². The normalized spacial score (nSPS) is 11.4. The van der Waals surface area contributed by atoms with Crippen LogP contribution in [-0.4, -0.2) is 26.4 Å². The summed E-state index contributed by atoms with van der Waals surface area (Å²) in [6.45, 7) is 2.39. The Hall–Kier alpha value is -4.67. The van der Waals surface area contributed by atoms with E-state index in [2.05, 4.69) is 16.0 Å². The van der Waals surface area contributed by atoms with Crippen molar-refractivity contribution in [3.63, 3.8) is 0 Å². The van der Waals surface area contributed by atoms with Crippen molar-refractivity contribution < 1.29 is 4.74 Å². The topological polar surface area (TPSA) is 96.6 Å². The molecule has 2 aromatic heterocycles. The largest absolute Gasteiger partial charge is 0.492 e. The molecule has 0 bridgehead atoms. The van der Waals surface area contributed by atoms with Crippen LogP contribution in [0.15, 0.2) is 83.8 Å². The summed E-state index contributed by atoms with van der Waals surface area (Å²) in [4.78, 5) is 19.8. The molecule has 5 aromatic rings. The van der Waals surface area contributed by atoms with Gasteiger partial charge in [-0.1, -0.05) is 41.9 Å². The summed E-state index contributed by atoms with van der Waals surface area (Å²) >= 11 is 6.46. The smallest absolute Gasteiger partial charge is 0.259 e. The SMILES string of the molecule is CCOc1ccc(-c2nn(-c3ccccc3)cc2/C=C(/C#N)c2nc3ccccc3c(=O)[nH]2)cc1Cl. The highest BCUT2D eigenvalue weighted by molar-refractivity contribution is 6.32. The maximum atomic E-state index is 12.6. The van der Waals surface area contributed by atoms with E-state index in [4.69, 9.17) is 21.4 Å². The molecule has 0 amide bonds. The minimum atomic E-state index is -0.310. The highest BCUT2D eigenvalue weighted by Gasteiger charge is 2.16. The number of benzene rings is 3. The number of ether oxygens (including phenoxy) is 1. The fraction of sp³-hybridized carbons (Fsp3) is 0.0714. The summed E-state index contributed by atoms with van der Waals surface area (Å²) in [5, 5.41) is 15.7. The van der Waals surface area contributed by atoms with Gasteiger partial charge in [-0.05, 0) is 55.5 Å². The van der Waals surface area contributed by atoms with E-state index >= 15 is 0 Å². The second-order valence-corrected chi connectivity index (χ2v) is 8.30. The van der Waals surface area contributed by atoms with Crippen molar-refractivity contribution in [2.45, 2.75) is 6.92 Å². The van der Waals surface area contributed by atoms with Crippen LogP contribution in [0.3, 0.4) is 0 Å². The van der Waals surface area contributed by atoms with E-state index in [1.165, 1.54) is 0 Å². The second-order valence-electron chi connectivity index (χ2n) is 7.89. The number of nitrogens with zero attached hydrogens (tertiary/aromatic N) is 4. The Kier molecular flexibility index (Phi) is 6.35. The van der Waals surface area contributed by atoms with Gasteiger partial charge in [0.05, 0.1) is 33.8 Å². The van der Waals surface area contributed by atoms with Crippen molar-refractivity contribution >= 4 is 34.2 Å². The van der Waals surface area contributed by atoms with Crippen LogP contribution in [0.25, 0.3) is 39.5 Å². The van der Waals surface area contributed by atoms with Gasteiger partial charge in [0.2, 0.25) is 0 Å². The number of aromatic amines is 1. The van der Waals surface area contributed by atoms with Crippen molar-refractivity contribution in [3.05, 3.63) is 106 Å². The van der Waals surface area contributed by atoms with Gasteiger partial charge >= 0.3 is 0 Å². The molecular weight excluding hydrogens is 474 g/mol. The zero-order valence-electron chi connectivity index (χ0n) is 19.3. The van der Waals surface area contributed by atoms with Gasteiger partial charge in [-0.15, -0.1) is 0 Å². The highest BCUT2D eigenvalue weighted by atomic mass is 35.5. The molecule has 0 aliphatic carbocycles. The Labute approximate surface area is 211 Å². The lowest BCUT2D eigenvalue weighted by atomic mass is 10.1. The van der Waals surface area contributed by atoms with Crippen molar-refractivity contribution in [1.82, 2.24) is 19.7 Å². The number of allylic oxidation sites excluding steroid dienone is 1. The van der Waals surface area contributed by atoms with Gasteiger partial charge in [0.15, 0.2) is 5.82 Å². The molecule has 176 valence electrons. The Morgan fingerprint density at radius 1 is 1.14 bits per heavy atom. The van der Waals surface area contributed by atoms with Gasteiger partial charge in [0.1, 0.15) is 17.5 Å². The molecule has 2 heterocycles. The van der Waals surface area contributed by atoms with Crippen LogP contribution < -0.4 is 10.3 Å². The van der Waals surface area contributed by atoms with Crippen molar-refractivity contribution in [2.75, 3.05) is 6.61 Å². The zero-order chi connectivity index (χ0) is 25.1. The molecule has 0 aliphatic rings. The minimum Gasteiger partial charge on any atom is -0.492 e. The molecule has 0 radical (unpaired) electrons. The second kappa shape index (κ2) is 9.90.